The lowest BCUT2D eigenvalue weighted by molar-refractivity contribution is 0.275. The van der Waals surface area contributed by atoms with Crippen molar-refractivity contribution in [2.24, 2.45) is 11.8 Å². The second-order valence-corrected chi connectivity index (χ2v) is 6.34. The van der Waals surface area contributed by atoms with E-state index in [0.29, 0.717) is 31.3 Å². The smallest absolute Gasteiger partial charge is 0.279 e. The molecule has 5 nitrogen and oxygen atoms in total. The Kier molecular flexibility index (Phi) is 7.14. The van der Waals surface area contributed by atoms with Crippen LogP contribution >= 0.6 is 0 Å². The fourth-order valence-electron chi connectivity index (χ4n) is 0.996. The summed E-state index contributed by atoms with van der Waals surface area (Å²) in [5, 5.41) is 8.63. The predicted octanol–water partition coefficient (Wildman–Crippen LogP) is 0.427. The SMILES string of the molecule is CC(C)C(C)CNS(=O)(=O)N(C)CCCO. The minimum Gasteiger partial charge on any atom is -0.396 e. The Bertz CT molecular complexity index is 278. The van der Waals surface area contributed by atoms with E-state index in [-0.39, 0.29) is 6.61 Å². The van der Waals surface area contributed by atoms with Crippen LogP contribution in [0.2, 0.25) is 0 Å². The normalized spacial score (nSPS) is 14.7. The molecule has 6 heteroatoms. The lowest BCUT2D eigenvalue weighted by atomic mass is 9.99. The number of hydrogen-bond acceptors (Lipinski definition) is 3. The minimum atomic E-state index is -3.39. The van der Waals surface area contributed by atoms with Gasteiger partial charge in [-0.1, -0.05) is 20.8 Å². The maximum absolute atomic E-state index is 11.7. The van der Waals surface area contributed by atoms with Gasteiger partial charge in [0.2, 0.25) is 0 Å². The fraction of sp³-hybridized carbons (Fsp3) is 1.00. The predicted molar refractivity (Wildman–Crippen MR) is 65.3 cm³/mol. The molecule has 2 N–H and O–H groups in total. The summed E-state index contributed by atoms with van der Waals surface area (Å²) >= 11 is 0. The van der Waals surface area contributed by atoms with Crippen LogP contribution in [0, 0.1) is 11.8 Å². The third kappa shape index (κ3) is 5.79. The zero-order chi connectivity index (χ0) is 12.8. The van der Waals surface area contributed by atoms with Gasteiger partial charge in [0, 0.05) is 26.7 Å². The topological polar surface area (TPSA) is 69.6 Å². The average molecular weight is 252 g/mol. The molecule has 0 radical (unpaired) electrons. The Morgan fingerprint density at radius 1 is 1.31 bits per heavy atom. The van der Waals surface area contributed by atoms with Crippen LogP contribution in [0.5, 0.6) is 0 Å². The molecule has 1 atom stereocenters. The summed E-state index contributed by atoms with van der Waals surface area (Å²) in [4.78, 5) is 0. The van der Waals surface area contributed by atoms with E-state index in [2.05, 4.69) is 18.6 Å². The maximum Gasteiger partial charge on any atom is 0.279 e. The lowest BCUT2D eigenvalue weighted by Crippen LogP contribution is -2.41. The summed E-state index contributed by atoms with van der Waals surface area (Å²) in [6, 6.07) is 0. The van der Waals surface area contributed by atoms with Crippen LogP contribution in [-0.2, 0) is 10.2 Å². The molecule has 0 fully saturated rings. The monoisotopic (exact) mass is 252 g/mol. The first kappa shape index (κ1) is 15.8. The first-order valence-electron chi connectivity index (χ1n) is 5.63. The van der Waals surface area contributed by atoms with Crippen molar-refractivity contribution in [3.63, 3.8) is 0 Å². The molecular weight excluding hydrogens is 228 g/mol. The van der Waals surface area contributed by atoms with E-state index in [1.807, 2.05) is 6.92 Å². The van der Waals surface area contributed by atoms with Gasteiger partial charge in [0.25, 0.3) is 10.2 Å². The molecule has 0 aliphatic rings. The van der Waals surface area contributed by atoms with Crippen molar-refractivity contribution in [1.29, 1.82) is 0 Å². The summed E-state index contributed by atoms with van der Waals surface area (Å²) in [5.41, 5.74) is 0. The van der Waals surface area contributed by atoms with Crippen LogP contribution in [-0.4, -0.2) is 44.6 Å². The lowest BCUT2D eigenvalue weighted by Gasteiger charge is -2.20. The Morgan fingerprint density at radius 3 is 2.31 bits per heavy atom. The molecule has 0 rings (SSSR count). The van der Waals surface area contributed by atoms with Crippen LogP contribution in [0.25, 0.3) is 0 Å². The molecule has 98 valence electrons. The zero-order valence-corrected chi connectivity index (χ0v) is 11.4. The van der Waals surface area contributed by atoms with Gasteiger partial charge in [-0.15, -0.1) is 0 Å². The Hall–Kier alpha value is -0.170. The summed E-state index contributed by atoms with van der Waals surface area (Å²) in [6.07, 6.45) is 0.456. The molecule has 0 spiro atoms. The van der Waals surface area contributed by atoms with Crippen LogP contribution in [0.4, 0.5) is 0 Å². The quantitative estimate of drug-likeness (QED) is 0.658. The molecular formula is C10H24N2O3S. The largest absolute Gasteiger partial charge is 0.396 e. The van der Waals surface area contributed by atoms with E-state index in [4.69, 9.17) is 5.11 Å². The summed E-state index contributed by atoms with van der Waals surface area (Å²) in [5.74, 6) is 0.756. The van der Waals surface area contributed by atoms with Crippen molar-refractivity contribution in [3.05, 3.63) is 0 Å². The molecule has 1 unspecified atom stereocenters. The van der Waals surface area contributed by atoms with Gasteiger partial charge >= 0.3 is 0 Å². The molecule has 0 heterocycles. The Balaban J connectivity index is 4.14. The van der Waals surface area contributed by atoms with E-state index in [9.17, 15) is 8.42 Å². The Morgan fingerprint density at radius 2 is 1.88 bits per heavy atom. The van der Waals surface area contributed by atoms with Gasteiger partial charge in [0.15, 0.2) is 0 Å². The maximum atomic E-state index is 11.7. The number of nitrogens with zero attached hydrogens (tertiary/aromatic N) is 1. The number of aliphatic hydroxyl groups is 1. The van der Waals surface area contributed by atoms with Gasteiger partial charge in [0.1, 0.15) is 0 Å². The number of rotatable bonds is 8. The van der Waals surface area contributed by atoms with Crippen molar-refractivity contribution in [1.82, 2.24) is 9.03 Å². The highest BCUT2D eigenvalue weighted by Crippen LogP contribution is 2.08. The molecule has 0 bridgehead atoms. The number of aliphatic hydroxyl groups excluding tert-OH is 1. The van der Waals surface area contributed by atoms with Gasteiger partial charge < -0.3 is 5.11 Å². The van der Waals surface area contributed by atoms with Crippen molar-refractivity contribution in [3.8, 4) is 0 Å². The van der Waals surface area contributed by atoms with Crippen LogP contribution < -0.4 is 4.72 Å². The van der Waals surface area contributed by atoms with Crippen LogP contribution in [0.1, 0.15) is 27.2 Å². The standard InChI is InChI=1S/C10H24N2O3S/c1-9(2)10(3)8-11-16(14,15)12(4)6-5-7-13/h9-11,13H,5-8H2,1-4H3. The summed E-state index contributed by atoms with van der Waals surface area (Å²) in [7, 11) is -1.88. The number of nitrogens with one attached hydrogen (secondary N) is 1. The highest BCUT2D eigenvalue weighted by Gasteiger charge is 2.18. The summed E-state index contributed by atoms with van der Waals surface area (Å²) < 4.78 is 27.2. The van der Waals surface area contributed by atoms with E-state index >= 15 is 0 Å². The molecule has 0 aliphatic carbocycles. The van der Waals surface area contributed by atoms with Gasteiger partial charge in [0.05, 0.1) is 0 Å². The second kappa shape index (κ2) is 7.21. The fourth-order valence-corrected chi connectivity index (χ4v) is 2.06. The van der Waals surface area contributed by atoms with Crippen LogP contribution in [0.3, 0.4) is 0 Å². The second-order valence-electron chi connectivity index (χ2n) is 4.47. The molecule has 0 aromatic rings. The molecule has 0 aromatic carbocycles. The van der Waals surface area contributed by atoms with Gasteiger partial charge in [-0.25, -0.2) is 4.72 Å². The van der Waals surface area contributed by atoms with Gasteiger partial charge in [-0.2, -0.15) is 12.7 Å². The van der Waals surface area contributed by atoms with E-state index in [1.165, 1.54) is 11.4 Å². The van der Waals surface area contributed by atoms with E-state index in [1.54, 1.807) is 0 Å². The summed E-state index contributed by atoms with van der Waals surface area (Å²) in [6.45, 7) is 6.93. The molecule has 16 heavy (non-hydrogen) atoms. The first-order chi connectivity index (χ1) is 7.31. The van der Waals surface area contributed by atoms with E-state index in [0.717, 1.165) is 0 Å². The van der Waals surface area contributed by atoms with Crippen molar-refractivity contribution >= 4 is 10.2 Å². The molecule has 0 saturated carbocycles. The van der Waals surface area contributed by atoms with E-state index < -0.39 is 10.2 Å². The third-order valence-corrected chi connectivity index (χ3v) is 4.30. The molecule has 0 aliphatic heterocycles. The van der Waals surface area contributed by atoms with Gasteiger partial charge in [-0.05, 0) is 18.3 Å². The highest BCUT2D eigenvalue weighted by molar-refractivity contribution is 7.87. The molecule has 0 amide bonds. The minimum absolute atomic E-state index is 0.00224. The van der Waals surface area contributed by atoms with Gasteiger partial charge in [-0.3, -0.25) is 0 Å². The highest BCUT2D eigenvalue weighted by atomic mass is 32.2. The molecule has 0 saturated heterocycles. The first-order valence-corrected chi connectivity index (χ1v) is 7.07. The van der Waals surface area contributed by atoms with Crippen molar-refractivity contribution in [2.75, 3.05) is 26.7 Å². The molecule has 0 aromatic heterocycles. The van der Waals surface area contributed by atoms with Crippen molar-refractivity contribution in [2.45, 2.75) is 27.2 Å². The van der Waals surface area contributed by atoms with Crippen LogP contribution in [0.15, 0.2) is 0 Å². The zero-order valence-electron chi connectivity index (χ0n) is 10.6. The number of hydrogen-bond donors (Lipinski definition) is 2. The third-order valence-electron chi connectivity index (χ3n) is 2.77. The Labute approximate surface area is 99.0 Å². The average Bonchev–Trinajstić information content (AvgIpc) is 2.22. The van der Waals surface area contributed by atoms with Crippen molar-refractivity contribution < 1.29 is 13.5 Å².